The van der Waals surface area contributed by atoms with Gasteiger partial charge in [0, 0.05) is 37.8 Å². The number of aliphatic hydroxyl groups is 1. The minimum Gasteiger partial charge on any atom is -0.396 e. The van der Waals surface area contributed by atoms with E-state index in [0.29, 0.717) is 6.04 Å². The van der Waals surface area contributed by atoms with Gasteiger partial charge >= 0.3 is 0 Å². The van der Waals surface area contributed by atoms with E-state index in [9.17, 15) is 5.11 Å². The minimum atomic E-state index is 0.00700. The van der Waals surface area contributed by atoms with E-state index in [1.807, 2.05) is 0 Å². The Bertz CT molecular complexity index is 165. The van der Waals surface area contributed by atoms with Crippen LogP contribution in [0.25, 0.3) is 0 Å². The van der Waals surface area contributed by atoms with E-state index in [-0.39, 0.29) is 12.0 Å². The topological polar surface area (TPSA) is 32.7 Å². The third-order valence-corrected chi connectivity index (χ3v) is 2.92. The SMILES string of the molecule is CN(CC(C)(C)CO)C1CCOCC1. The molecule has 1 heterocycles. The average molecular weight is 201 g/mol. The second-order valence-corrected chi connectivity index (χ2v) is 5.08. The lowest BCUT2D eigenvalue weighted by molar-refractivity contribution is 0.0226. The molecule has 0 atom stereocenters. The number of rotatable bonds is 4. The van der Waals surface area contributed by atoms with Crippen LogP contribution in [-0.2, 0) is 4.74 Å². The summed E-state index contributed by atoms with van der Waals surface area (Å²) in [5.74, 6) is 0. The maximum atomic E-state index is 9.19. The third-order valence-electron chi connectivity index (χ3n) is 2.92. The van der Waals surface area contributed by atoms with Gasteiger partial charge in [-0.1, -0.05) is 13.8 Å². The lowest BCUT2D eigenvalue weighted by atomic mass is 9.93. The Morgan fingerprint density at radius 1 is 1.36 bits per heavy atom. The standard InChI is InChI=1S/C11H23NO2/c1-11(2,9-13)8-12(3)10-4-6-14-7-5-10/h10,13H,4-9H2,1-3H3. The Hall–Kier alpha value is -0.120. The largest absolute Gasteiger partial charge is 0.396 e. The van der Waals surface area contributed by atoms with Crippen LogP contribution in [0.5, 0.6) is 0 Å². The van der Waals surface area contributed by atoms with Crippen molar-refractivity contribution in [2.75, 3.05) is 33.4 Å². The average Bonchev–Trinajstić information content (AvgIpc) is 2.19. The van der Waals surface area contributed by atoms with Crippen LogP contribution in [0.4, 0.5) is 0 Å². The first-order chi connectivity index (χ1) is 6.55. The first-order valence-electron chi connectivity index (χ1n) is 5.44. The van der Waals surface area contributed by atoms with Crippen LogP contribution in [0, 0.1) is 5.41 Å². The van der Waals surface area contributed by atoms with Crippen molar-refractivity contribution in [2.45, 2.75) is 32.7 Å². The molecule has 1 aliphatic heterocycles. The van der Waals surface area contributed by atoms with Gasteiger partial charge in [0.15, 0.2) is 0 Å². The first-order valence-corrected chi connectivity index (χ1v) is 5.44. The summed E-state index contributed by atoms with van der Waals surface area (Å²) in [6, 6.07) is 0.634. The van der Waals surface area contributed by atoms with Crippen LogP contribution in [0.1, 0.15) is 26.7 Å². The molecule has 0 radical (unpaired) electrons. The Morgan fingerprint density at radius 2 is 1.93 bits per heavy atom. The molecule has 0 unspecified atom stereocenters. The zero-order valence-corrected chi connectivity index (χ0v) is 9.62. The van der Waals surface area contributed by atoms with Gasteiger partial charge in [-0.15, -0.1) is 0 Å². The predicted molar refractivity (Wildman–Crippen MR) is 57.3 cm³/mol. The highest BCUT2D eigenvalue weighted by molar-refractivity contribution is 4.78. The summed E-state index contributed by atoms with van der Waals surface area (Å²) in [5.41, 5.74) is 0.00700. The molecule has 1 N–H and O–H groups in total. The normalized spacial score (nSPS) is 20.4. The van der Waals surface area contributed by atoms with E-state index in [1.165, 1.54) is 0 Å². The molecule has 0 aromatic heterocycles. The van der Waals surface area contributed by atoms with E-state index < -0.39 is 0 Å². The van der Waals surface area contributed by atoms with Crippen LogP contribution >= 0.6 is 0 Å². The molecule has 0 bridgehead atoms. The van der Waals surface area contributed by atoms with Gasteiger partial charge < -0.3 is 14.7 Å². The highest BCUT2D eigenvalue weighted by atomic mass is 16.5. The fourth-order valence-electron chi connectivity index (χ4n) is 1.98. The molecule has 3 nitrogen and oxygen atoms in total. The molecule has 0 aromatic rings. The Morgan fingerprint density at radius 3 is 2.43 bits per heavy atom. The molecule has 14 heavy (non-hydrogen) atoms. The molecule has 1 rings (SSSR count). The lowest BCUT2D eigenvalue weighted by Gasteiger charge is -2.36. The summed E-state index contributed by atoms with van der Waals surface area (Å²) in [4.78, 5) is 2.36. The molecule has 1 saturated heterocycles. The summed E-state index contributed by atoms with van der Waals surface area (Å²) in [7, 11) is 2.15. The van der Waals surface area contributed by atoms with Gasteiger partial charge in [0.2, 0.25) is 0 Å². The van der Waals surface area contributed by atoms with Crippen LogP contribution in [0.2, 0.25) is 0 Å². The van der Waals surface area contributed by atoms with E-state index in [0.717, 1.165) is 32.6 Å². The number of ether oxygens (including phenoxy) is 1. The van der Waals surface area contributed by atoms with Gasteiger partial charge in [0.05, 0.1) is 0 Å². The quantitative estimate of drug-likeness (QED) is 0.739. The second kappa shape index (κ2) is 5.10. The molecule has 0 aromatic carbocycles. The maximum absolute atomic E-state index is 9.19. The van der Waals surface area contributed by atoms with E-state index in [4.69, 9.17) is 4.74 Å². The number of nitrogens with zero attached hydrogens (tertiary/aromatic N) is 1. The summed E-state index contributed by atoms with van der Waals surface area (Å²) in [6.45, 7) is 7.17. The van der Waals surface area contributed by atoms with E-state index in [2.05, 4.69) is 25.8 Å². The van der Waals surface area contributed by atoms with Crippen molar-refractivity contribution >= 4 is 0 Å². The Labute approximate surface area is 87.1 Å². The van der Waals surface area contributed by atoms with Crippen molar-refractivity contribution in [3.8, 4) is 0 Å². The van der Waals surface area contributed by atoms with Gasteiger partial charge in [0.25, 0.3) is 0 Å². The fourth-order valence-corrected chi connectivity index (χ4v) is 1.98. The molecular weight excluding hydrogens is 178 g/mol. The molecule has 0 spiro atoms. The van der Waals surface area contributed by atoms with Gasteiger partial charge in [-0.25, -0.2) is 0 Å². The van der Waals surface area contributed by atoms with Gasteiger partial charge in [0.1, 0.15) is 0 Å². The molecule has 1 fully saturated rings. The van der Waals surface area contributed by atoms with Crippen molar-refractivity contribution in [2.24, 2.45) is 5.41 Å². The van der Waals surface area contributed by atoms with Crippen molar-refractivity contribution < 1.29 is 9.84 Å². The third kappa shape index (κ3) is 3.56. The maximum Gasteiger partial charge on any atom is 0.0494 e. The second-order valence-electron chi connectivity index (χ2n) is 5.08. The molecule has 3 heteroatoms. The molecule has 0 amide bonds. The van der Waals surface area contributed by atoms with E-state index in [1.54, 1.807) is 0 Å². The zero-order chi connectivity index (χ0) is 10.6. The lowest BCUT2D eigenvalue weighted by Crippen LogP contribution is -2.42. The molecule has 1 aliphatic rings. The van der Waals surface area contributed by atoms with Gasteiger partial charge in [-0.2, -0.15) is 0 Å². The van der Waals surface area contributed by atoms with Crippen molar-refractivity contribution in [3.05, 3.63) is 0 Å². The summed E-state index contributed by atoms with van der Waals surface area (Å²) >= 11 is 0. The van der Waals surface area contributed by atoms with Crippen LogP contribution < -0.4 is 0 Å². The Balaban J connectivity index is 2.36. The Kier molecular flexibility index (Phi) is 4.35. The van der Waals surface area contributed by atoms with Crippen LogP contribution in [0.3, 0.4) is 0 Å². The van der Waals surface area contributed by atoms with Crippen LogP contribution in [-0.4, -0.2) is 49.5 Å². The van der Waals surface area contributed by atoms with Crippen molar-refractivity contribution in [1.82, 2.24) is 4.90 Å². The summed E-state index contributed by atoms with van der Waals surface area (Å²) < 4.78 is 5.33. The van der Waals surface area contributed by atoms with Crippen LogP contribution in [0.15, 0.2) is 0 Å². The first kappa shape index (κ1) is 12.0. The minimum absolute atomic E-state index is 0.00700. The molecule has 0 aliphatic carbocycles. The predicted octanol–water partition coefficient (Wildman–Crippen LogP) is 1.12. The number of aliphatic hydroxyl groups excluding tert-OH is 1. The highest BCUT2D eigenvalue weighted by Gasteiger charge is 2.24. The number of hydrogen-bond acceptors (Lipinski definition) is 3. The summed E-state index contributed by atoms with van der Waals surface area (Å²) in [6.07, 6.45) is 2.25. The van der Waals surface area contributed by atoms with Gasteiger partial charge in [-0.3, -0.25) is 0 Å². The zero-order valence-electron chi connectivity index (χ0n) is 9.62. The fraction of sp³-hybridized carbons (Fsp3) is 1.00. The molecular formula is C11H23NO2. The highest BCUT2D eigenvalue weighted by Crippen LogP contribution is 2.20. The summed E-state index contributed by atoms with van der Waals surface area (Å²) in [5, 5.41) is 9.19. The van der Waals surface area contributed by atoms with E-state index >= 15 is 0 Å². The smallest absolute Gasteiger partial charge is 0.0494 e. The van der Waals surface area contributed by atoms with Crippen molar-refractivity contribution in [1.29, 1.82) is 0 Å². The van der Waals surface area contributed by atoms with Crippen molar-refractivity contribution in [3.63, 3.8) is 0 Å². The number of hydrogen-bond donors (Lipinski definition) is 1. The molecule has 0 saturated carbocycles. The monoisotopic (exact) mass is 201 g/mol. The molecule has 84 valence electrons. The van der Waals surface area contributed by atoms with Gasteiger partial charge in [-0.05, 0) is 19.9 Å².